The Labute approximate surface area is 223 Å². The second-order valence-corrected chi connectivity index (χ2v) is 10.3. The summed E-state index contributed by atoms with van der Waals surface area (Å²) in [4.78, 5) is 34.2. The normalized spacial score (nSPS) is 11.2. The van der Waals surface area contributed by atoms with Crippen molar-refractivity contribution >= 4 is 32.2 Å². The van der Waals surface area contributed by atoms with E-state index in [-0.39, 0.29) is 34.1 Å². The lowest BCUT2D eigenvalue weighted by atomic mass is 10.2. The van der Waals surface area contributed by atoms with Gasteiger partial charge in [-0.15, -0.1) is 0 Å². The maximum absolute atomic E-state index is 12.5. The topological polar surface area (TPSA) is 158 Å². The molecule has 3 rings (SSSR count). The zero-order valence-corrected chi connectivity index (χ0v) is 21.8. The molecule has 204 valence electrons. The molecule has 0 N–H and O–H groups in total. The van der Waals surface area contributed by atoms with Gasteiger partial charge in [0.1, 0.15) is 11.5 Å². The van der Waals surface area contributed by atoms with Crippen LogP contribution in [0.1, 0.15) is 26.3 Å². The molecule has 0 heterocycles. The number of hydrogen-bond donors (Lipinski definition) is 0. The second kappa shape index (κ2) is 12.4. The molecule has 0 spiro atoms. The summed E-state index contributed by atoms with van der Waals surface area (Å²) in [5.74, 6) is -0.991. The van der Waals surface area contributed by atoms with Crippen LogP contribution in [-0.2, 0) is 28.9 Å². The van der Waals surface area contributed by atoms with Crippen LogP contribution in [0.25, 0.3) is 0 Å². The lowest BCUT2D eigenvalue weighted by Crippen LogP contribution is -2.11. The Hall–Kier alpha value is -4.50. The first-order valence-electron chi connectivity index (χ1n) is 10.6. The minimum atomic E-state index is -4.04. The third kappa shape index (κ3) is 8.51. The van der Waals surface area contributed by atoms with E-state index < -0.39 is 32.2 Å². The van der Waals surface area contributed by atoms with Gasteiger partial charge in [-0.2, -0.15) is 16.8 Å². The van der Waals surface area contributed by atoms with Gasteiger partial charge in [-0.05, 0) is 79.2 Å². The summed E-state index contributed by atoms with van der Waals surface area (Å²) >= 11 is 0. The number of hydrogen-bond acceptors (Lipinski definition) is 12. The molecule has 0 aliphatic carbocycles. The third-order valence-electron chi connectivity index (χ3n) is 4.60. The summed E-state index contributed by atoms with van der Waals surface area (Å²) in [6.45, 7) is 7.79. The van der Waals surface area contributed by atoms with Crippen molar-refractivity contribution < 1.29 is 54.3 Å². The van der Waals surface area contributed by atoms with Crippen LogP contribution in [0.5, 0.6) is 23.0 Å². The number of esters is 2. The summed E-state index contributed by atoms with van der Waals surface area (Å²) in [5.41, 5.74) is 0.770. The highest BCUT2D eigenvalue weighted by Gasteiger charge is 2.15. The molecule has 0 bridgehead atoms. The fraction of sp³-hybridized carbons (Fsp3) is 0.0400. The number of carbonyl (C=O) groups is 2. The molecule has 0 radical (unpaired) electrons. The Morgan fingerprint density at radius 1 is 0.641 bits per heavy atom. The van der Waals surface area contributed by atoms with Crippen LogP contribution in [0, 0.1) is 6.92 Å². The summed E-state index contributed by atoms with van der Waals surface area (Å²) < 4.78 is 64.0. The summed E-state index contributed by atoms with van der Waals surface area (Å²) in [5, 5.41) is 1.14. The molecule has 0 fully saturated rings. The van der Waals surface area contributed by atoms with Crippen LogP contribution in [-0.4, -0.2) is 28.8 Å². The van der Waals surface area contributed by atoms with Gasteiger partial charge in [-0.1, -0.05) is 21.8 Å². The molecular weight excluding hydrogens is 556 g/mol. The molecule has 0 amide bonds. The standard InChI is InChI=1S/C25H20O12S2/c1-4-38(28,29)36-34-20-10-6-18(7-11-20)24(26)32-22-14-15-23(17(3)16-22)33-25(27)19-8-12-21(13-9-19)35-37-39(30,31)5-2/h4-16H,1-2H2,3H3. The van der Waals surface area contributed by atoms with Crippen LogP contribution in [0.2, 0.25) is 0 Å². The Balaban J connectivity index is 1.58. The van der Waals surface area contributed by atoms with E-state index in [0.29, 0.717) is 16.4 Å². The molecule has 0 atom stereocenters. The van der Waals surface area contributed by atoms with E-state index in [1.54, 1.807) is 6.92 Å². The maximum Gasteiger partial charge on any atom is 0.343 e. The van der Waals surface area contributed by atoms with Gasteiger partial charge in [0.25, 0.3) is 0 Å². The van der Waals surface area contributed by atoms with Gasteiger partial charge in [0, 0.05) is 0 Å². The van der Waals surface area contributed by atoms with Crippen molar-refractivity contribution in [3.8, 4) is 23.0 Å². The average molecular weight is 577 g/mol. The molecule has 0 saturated heterocycles. The number of rotatable bonds is 12. The number of aryl methyl sites for hydroxylation is 1. The summed E-state index contributed by atoms with van der Waals surface area (Å²) in [7, 11) is -8.08. The highest BCUT2D eigenvalue weighted by Crippen LogP contribution is 2.26. The SMILES string of the molecule is C=CS(=O)(=O)OOc1ccc(C(=O)Oc2ccc(OC(=O)c3ccc(OOS(=O)(=O)C=C)cc3)c(C)c2)cc1. The lowest BCUT2D eigenvalue weighted by Gasteiger charge is -2.10. The van der Waals surface area contributed by atoms with Gasteiger partial charge < -0.3 is 19.2 Å². The van der Waals surface area contributed by atoms with Crippen LogP contribution in [0.3, 0.4) is 0 Å². The van der Waals surface area contributed by atoms with Gasteiger partial charge in [0.15, 0.2) is 11.5 Å². The molecule has 0 saturated carbocycles. The van der Waals surface area contributed by atoms with Gasteiger partial charge in [-0.3, -0.25) is 0 Å². The summed E-state index contributed by atoms with van der Waals surface area (Å²) in [6, 6.07) is 14.9. The largest absolute Gasteiger partial charge is 0.423 e. The van der Waals surface area contributed by atoms with Crippen LogP contribution < -0.4 is 19.2 Å². The van der Waals surface area contributed by atoms with Crippen molar-refractivity contribution in [2.24, 2.45) is 0 Å². The van der Waals surface area contributed by atoms with Crippen LogP contribution in [0.4, 0.5) is 0 Å². The molecule has 0 unspecified atom stereocenters. The predicted molar refractivity (Wildman–Crippen MR) is 136 cm³/mol. The third-order valence-corrected chi connectivity index (χ3v) is 5.93. The van der Waals surface area contributed by atoms with E-state index in [2.05, 4.69) is 31.6 Å². The van der Waals surface area contributed by atoms with Gasteiger partial charge >= 0.3 is 32.2 Å². The Bertz CT molecular complexity index is 1590. The first kappa shape index (κ1) is 29.1. The van der Waals surface area contributed by atoms with Crippen molar-refractivity contribution in [2.75, 3.05) is 0 Å². The number of benzene rings is 3. The molecule has 3 aromatic rings. The minimum Gasteiger partial charge on any atom is -0.423 e. The fourth-order valence-electron chi connectivity index (χ4n) is 2.65. The quantitative estimate of drug-likeness (QED) is 0.132. The highest BCUT2D eigenvalue weighted by molar-refractivity contribution is 7.89. The van der Waals surface area contributed by atoms with E-state index in [4.69, 9.17) is 9.47 Å². The van der Waals surface area contributed by atoms with E-state index in [1.165, 1.54) is 66.7 Å². The Kier molecular flexibility index (Phi) is 9.21. The predicted octanol–water partition coefficient (Wildman–Crippen LogP) is 4.00. The smallest absolute Gasteiger partial charge is 0.343 e. The van der Waals surface area contributed by atoms with Gasteiger partial charge in [-0.25, -0.2) is 9.59 Å². The maximum atomic E-state index is 12.5. The van der Waals surface area contributed by atoms with Gasteiger partial charge in [0.05, 0.1) is 21.9 Å². The molecule has 0 aliphatic heterocycles. The van der Waals surface area contributed by atoms with Crippen LogP contribution >= 0.6 is 0 Å². The zero-order valence-electron chi connectivity index (χ0n) is 20.1. The molecule has 14 heteroatoms. The fourth-order valence-corrected chi connectivity index (χ4v) is 3.10. The van der Waals surface area contributed by atoms with Crippen molar-refractivity contribution in [3.63, 3.8) is 0 Å². The average Bonchev–Trinajstić information content (AvgIpc) is 2.93. The molecule has 39 heavy (non-hydrogen) atoms. The number of carbonyl (C=O) groups excluding carboxylic acids is 2. The first-order valence-corrected chi connectivity index (χ1v) is 13.6. The number of ether oxygens (including phenoxy) is 2. The lowest BCUT2D eigenvalue weighted by molar-refractivity contribution is -0.0909. The zero-order chi connectivity index (χ0) is 28.6. The van der Waals surface area contributed by atoms with Crippen molar-refractivity contribution in [1.29, 1.82) is 0 Å². The van der Waals surface area contributed by atoms with Crippen molar-refractivity contribution in [1.82, 2.24) is 0 Å². The van der Waals surface area contributed by atoms with Gasteiger partial charge in [0.2, 0.25) is 0 Å². The molecular formula is C25H20O12S2. The molecule has 12 nitrogen and oxygen atoms in total. The Morgan fingerprint density at radius 3 is 1.46 bits per heavy atom. The first-order chi connectivity index (χ1) is 18.4. The highest BCUT2D eigenvalue weighted by atomic mass is 32.2. The van der Waals surface area contributed by atoms with Crippen molar-refractivity contribution in [2.45, 2.75) is 6.92 Å². The van der Waals surface area contributed by atoms with E-state index >= 15 is 0 Å². The van der Waals surface area contributed by atoms with E-state index in [1.807, 2.05) is 0 Å². The van der Waals surface area contributed by atoms with Crippen LogP contribution in [0.15, 0.2) is 90.7 Å². The van der Waals surface area contributed by atoms with E-state index in [9.17, 15) is 26.4 Å². The second-order valence-electron chi connectivity index (χ2n) is 7.38. The monoisotopic (exact) mass is 576 g/mol. The van der Waals surface area contributed by atoms with Crippen molar-refractivity contribution in [3.05, 3.63) is 107 Å². The minimum absolute atomic E-state index is 0.0233. The van der Waals surface area contributed by atoms with E-state index in [0.717, 1.165) is 0 Å². The molecule has 0 aromatic heterocycles. The summed E-state index contributed by atoms with van der Waals surface area (Å²) in [6.07, 6.45) is 0. The molecule has 0 aliphatic rings. The Morgan fingerprint density at radius 2 is 1.05 bits per heavy atom. The molecule has 3 aromatic carbocycles.